The number of thiazole rings is 2. The summed E-state index contributed by atoms with van der Waals surface area (Å²) in [6, 6.07) is 16.3. The van der Waals surface area contributed by atoms with Gasteiger partial charge in [-0.25, -0.2) is 14.8 Å². The molecule has 21 heteroatoms. The highest BCUT2D eigenvalue weighted by Crippen LogP contribution is 2.39. The average Bonchev–Trinajstić information content (AvgIpc) is 4.07. The number of pyridine rings is 2. The van der Waals surface area contributed by atoms with Crippen molar-refractivity contribution in [2.24, 2.45) is 23.3 Å². The number of halogens is 1. The van der Waals surface area contributed by atoms with Crippen LogP contribution in [0.5, 0.6) is 0 Å². The van der Waals surface area contributed by atoms with Gasteiger partial charge in [-0.3, -0.25) is 38.3 Å². The van der Waals surface area contributed by atoms with Crippen molar-refractivity contribution < 1.29 is 39.6 Å². The summed E-state index contributed by atoms with van der Waals surface area (Å²) in [5, 5.41) is 17.3. The van der Waals surface area contributed by atoms with Gasteiger partial charge in [0.15, 0.2) is 0 Å². The molecule has 4 aromatic heterocycles. The highest BCUT2D eigenvalue weighted by molar-refractivity contribution is 7.19. The van der Waals surface area contributed by atoms with E-state index >= 15 is 0 Å². The fourth-order valence-corrected chi connectivity index (χ4v) is 12.8. The Labute approximate surface area is 470 Å². The Hall–Kier alpha value is -6.65. The van der Waals surface area contributed by atoms with E-state index < -0.39 is 42.5 Å². The summed E-state index contributed by atoms with van der Waals surface area (Å²) < 4.78 is 18.0. The highest BCUT2D eigenvalue weighted by atomic mass is 32.1. The average molecular weight is 1120 g/mol. The molecule has 2 aromatic carbocycles. The number of aromatic nitrogens is 4. The van der Waals surface area contributed by atoms with Crippen LogP contribution in [0.4, 0.5) is 10.1 Å². The number of nitrogens with two attached hydrogens (primary N) is 2. The predicted octanol–water partition coefficient (Wildman–Crippen LogP) is 8.28. The van der Waals surface area contributed by atoms with Gasteiger partial charge in [-0.05, 0) is 177 Å². The zero-order chi connectivity index (χ0) is 57.8. The van der Waals surface area contributed by atoms with Gasteiger partial charge in [-0.1, -0.05) is 26.0 Å². The maximum atomic E-state index is 13.4. The first-order valence-electron chi connectivity index (χ1n) is 27.6. The number of carbonyl (C=O) groups excluding carboxylic acids is 5. The van der Waals surface area contributed by atoms with E-state index in [-0.39, 0.29) is 35.2 Å². The second-order valence-electron chi connectivity index (χ2n) is 21.4. The number of anilines is 1. The fraction of sp³-hybridized carbons (Fsp3) is 0.483. The summed E-state index contributed by atoms with van der Waals surface area (Å²) in [7, 11) is 3.38. The van der Waals surface area contributed by atoms with Crippen molar-refractivity contribution in [3.63, 3.8) is 0 Å². The standard InChI is InChI=1S/C28H34N6O3S.C19H27N3S.C10H10N2O4.CH3F/c1-16-4-6-23(19-5-7-24-22(12-19)32-27(38-24)18-8-10-33(3)11-9-18)34(15-16)28(37)26(36)31-20-13-21(25(29)35)17(2)30-14-20;1-13-3-5-16(20-12-13)15-4-6-18-17(11-15)21-19(23-18)14-7-9-22(2)10-8-14;1-5-7(9(11)14)2-6(4-12-5)3-8(13)10(15)16;1-2/h5,7,12-14,16,18,23H,4,6,8-11,15H2,1-3H3,(H2,29,35)(H,31,36);4,6,11,13-14,16,20H,3,5,7-10,12H2,1-2H3;2,4H,3H2,1H3,(H2,11,14)(H,15,16);1H3/t16-,23+;13-,16+;;/m00../s1/i;;;1D. The molecule has 18 nitrogen and oxygen atoms in total. The SMILES string of the molecule is C[C@H]1CC[C@H](c2ccc3sc(C4CCN(C)CC4)nc3c2)NC1.Cc1ncc(CC(=O)C(=O)O)cc1C(N)=O.Cc1ncc(NC(=O)C(=O)N2C[C@@H](C)CC[C@@H]2c2ccc3sc(C4CCN(C)CC4)nc3c2)cc1C(N)=O.[2H]CF. The molecule has 0 unspecified atom stereocenters. The molecule has 422 valence electrons. The highest BCUT2D eigenvalue weighted by Gasteiger charge is 2.35. The number of carbonyl (C=O) groups is 6. The molecule has 4 saturated heterocycles. The number of amides is 4. The summed E-state index contributed by atoms with van der Waals surface area (Å²) in [5.74, 6) is -2.88. The number of hydrogen-bond donors (Lipinski definition) is 5. The molecule has 10 rings (SSSR count). The lowest BCUT2D eigenvalue weighted by Crippen LogP contribution is -2.46. The van der Waals surface area contributed by atoms with Gasteiger partial charge in [-0.15, -0.1) is 22.7 Å². The lowest BCUT2D eigenvalue weighted by Gasteiger charge is -2.38. The zero-order valence-corrected chi connectivity index (χ0v) is 47.6. The zero-order valence-electron chi connectivity index (χ0n) is 46.9. The van der Waals surface area contributed by atoms with Gasteiger partial charge in [-0.2, -0.15) is 0 Å². The Morgan fingerprint density at radius 2 is 1.25 bits per heavy atom. The van der Waals surface area contributed by atoms with Crippen LogP contribution in [0.1, 0.15) is 149 Å². The number of fused-ring (bicyclic) bond motifs is 2. The van der Waals surface area contributed by atoms with Crippen LogP contribution in [0.25, 0.3) is 20.4 Å². The van der Waals surface area contributed by atoms with Gasteiger partial charge in [0.2, 0.25) is 5.78 Å². The fourth-order valence-electron chi connectivity index (χ4n) is 10.6. The maximum absolute atomic E-state index is 13.4. The van der Waals surface area contributed by atoms with Crippen LogP contribution < -0.4 is 22.1 Å². The van der Waals surface area contributed by atoms with Crippen LogP contribution >= 0.6 is 22.7 Å². The molecule has 0 bridgehead atoms. The number of primary amides is 2. The number of ketones is 1. The van der Waals surface area contributed by atoms with Crippen molar-refractivity contribution in [1.29, 1.82) is 0 Å². The quantitative estimate of drug-likeness (QED) is 0.0809. The second kappa shape index (κ2) is 27.5. The minimum atomic E-state index is -1.51. The smallest absolute Gasteiger partial charge is 0.372 e. The molecule has 8 heterocycles. The number of Topliss-reactive ketones (excluding diaryl/α,β-unsaturated/α-hetero) is 1. The molecule has 4 aliphatic rings. The number of piperidine rings is 4. The maximum Gasteiger partial charge on any atom is 0.372 e. The molecular formula is C58H74FN11O7S2. The van der Waals surface area contributed by atoms with Crippen molar-refractivity contribution in [2.45, 2.75) is 109 Å². The summed E-state index contributed by atoms with van der Waals surface area (Å²) in [6.45, 7) is 13.9. The number of carboxylic acids is 1. The van der Waals surface area contributed by atoms with Gasteiger partial charge in [0.05, 0.1) is 73.7 Å². The number of benzene rings is 2. The number of nitrogens with one attached hydrogen (secondary N) is 2. The molecule has 79 heavy (non-hydrogen) atoms. The van der Waals surface area contributed by atoms with E-state index in [0.717, 1.165) is 67.0 Å². The van der Waals surface area contributed by atoms with Crippen molar-refractivity contribution in [1.82, 2.24) is 40.0 Å². The molecule has 0 aliphatic carbocycles. The summed E-state index contributed by atoms with van der Waals surface area (Å²) >= 11 is 3.68. The van der Waals surface area contributed by atoms with E-state index in [9.17, 15) is 33.2 Å². The van der Waals surface area contributed by atoms with Crippen LogP contribution in [-0.2, 0) is 25.6 Å². The Morgan fingerprint density at radius 3 is 1.78 bits per heavy atom. The number of nitrogens with zero attached hydrogens (tertiary/aromatic N) is 7. The van der Waals surface area contributed by atoms with Gasteiger partial charge >= 0.3 is 17.8 Å². The predicted molar refractivity (Wildman–Crippen MR) is 307 cm³/mol. The lowest BCUT2D eigenvalue weighted by atomic mass is 9.89. The monoisotopic (exact) mass is 1120 g/mol. The normalized spacial score (nSPS) is 20.3. The first-order valence-corrected chi connectivity index (χ1v) is 28.5. The molecule has 4 fully saturated rings. The first-order chi connectivity index (χ1) is 38.2. The number of carboxylic acid groups (broad SMARTS) is 1. The molecule has 0 radical (unpaired) electrons. The third-order valence-corrected chi connectivity index (χ3v) is 17.7. The number of hydrogen-bond acceptors (Lipinski definition) is 15. The van der Waals surface area contributed by atoms with E-state index in [0.29, 0.717) is 41.4 Å². The van der Waals surface area contributed by atoms with Gasteiger partial charge in [0.25, 0.3) is 11.8 Å². The second-order valence-corrected chi connectivity index (χ2v) is 23.6. The van der Waals surface area contributed by atoms with E-state index in [1.807, 2.05) is 11.3 Å². The molecule has 4 aliphatic heterocycles. The summed E-state index contributed by atoms with van der Waals surface area (Å²) in [4.78, 5) is 94.8. The molecular weight excluding hydrogens is 1050 g/mol. The van der Waals surface area contributed by atoms with E-state index in [1.165, 1.54) is 89.1 Å². The number of aliphatic carboxylic acids is 1. The van der Waals surface area contributed by atoms with Crippen LogP contribution in [-0.4, -0.2) is 136 Å². The molecule has 0 spiro atoms. The van der Waals surface area contributed by atoms with E-state index in [2.05, 4.69) is 94.7 Å². The summed E-state index contributed by atoms with van der Waals surface area (Å²) in [6.07, 6.45) is 11.5. The van der Waals surface area contributed by atoms with E-state index in [1.54, 1.807) is 30.1 Å². The van der Waals surface area contributed by atoms with Crippen LogP contribution in [0.3, 0.4) is 0 Å². The van der Waals surface area contributed by atoms with Crippen molar-refractivity contribution >= 4 is 84.2 Å². The number of alkyl halides is 1. The van der Waals surface area contributed by atoms with Crippen LogP contribution in [0, 0.1) is 25.7 Å². The van der Waals surface area contributed by atoms with Crippen LogP contribution in [0.2, 0.25) is 0 Å². The van der Waals surface area contributed by atoms with Gasteiger partial charge in [0.1, 0.15) is 0 Å². The van der Waals surface area contributed by atoms with Gasteiger partial charge in [0, 0.05) is 42.7 Å². The third-order valence-electron chi connectivity index (χ3n) is 15.3. The Kier molecular flexibility index (Phi) is 20.4. The third kappa shape index (κ3) is 15.6. The summed E-state index contributed by atoms with van der Waals surface area (Å²) in [5.41, 5.74) is 17.0. The van der Waals surface area contributed by atoms with Crippen molar-refractivity contribution in [3.05, 3.63) is 110 Å². The van der Waals surface area contributed by atoms with Gasteiger partial charge < -0.3 is 41.9 Å². The molecule has 7 N–H and O–H groups in total. The van der Waals surface area contributed by atoms with Crippen molar-refractivity contribution in [2.75, 3.05) is 65.8 Å². The minimum absolute atomic E-state index is 0.190. The Morgan fingerprint density at radius 1 is 0.734 bits per heavy atom. The molecule has 4 atom stereocenters. The largest absolute Gasteiger partial charge is 0.475 e. The molecule has 6 aromatic rings. The molecule has 0 saturated carbocycles. The van der Waals surface area contributed by atoms with E-state index in [4.69, 9.17) is 27.9 Å². The topological polar surface area (TPSA) is 260 Å². The van der Waals surface area contributed by atoms with Crippen LogP contribution in [0.15, 0.2) is 60.9 Å². The number of rotatable bonds is 10. The lowest BCUT2D eigenvalue weighted by molar-refractivity contribution is -0.148. The number of likely N-dealkylation sites (tertiary alicyclic amines) is 3. The minimum Gasteiger partial charge on any atom is -0.475 e. The number of aryl methyl sites for hydroxylation is 2. The molecule has 4 amide bonds. The first kappa shape index (κ1) is 58.5. The Balaban J connectivity index is 0.000000186. The Bertz CT molecular complexity index is 3150. The van der Waals surface area contributed by atoms with Crippen molar-refractivity contribution in [3.8, 4) is 0 Å².